The third kappa shape index (κ3) is 1.42. The smallest absolute Gasteiger partial charge is 0.137 e. The molecule has 0 aliphatic rings. The van der Waals surface area contributed by atoms with Gasteiger partial charge in [0.1, 0.15) is 5.75 Å². The van der Waals surface area contributed by atoms with Crippen LogP contribution in [0.25, 0.3) is 0 Å². The number of hydrogen-bond donors (Lipinski definition) is 0. The summed E-state index contributed by atoms with van der Waals surface area (Å²) >= 11 is 0. The van der Waals surface area contributed by atoms with Crippen LogP contribution < -0.4 is 4.74 Å². The Morgan fingerprint density at radius 1 is 1.56 bits per heavy atom. The van der Waals surface area contributed by atoms with Gasteiger partial charge in [-0.15, -0.1) is 0 Å². The van der Waals surface area contributed by atoms with E-state index >= 15 is 0 Å². The minimum Gasteiger partial charge on any atom is -0.495 e. The molecule has 1 heterocycles. The van der Waals surface area contributed by atoms with Crippen molar-refractivity contribution in [2.24, 2.45) is 0 Å². The van der Waals surface area contributed by atoms with E-state index in [2.05, 4.69) is 11.9 Å². The van der Waals surface area contributed by atoms with E-state index < -0.39 is 0 Å². The van der Waals surface area contributed by atoms with Gasteiger partial charge < -0.3 is 4.74 Å². The van der Waals surface area contributed by atoms with E-state index in [1.165, 1.54) is 0 Å². The molecule has 0 fully saturated rings. The van der Waals surface area contributed by atoms with Gasteiger partial charge in [-0.2, -0.15) is 0 Å². The van der Waals surface area contributed by atoms with Gasteiger partial charge in [-0.1, -0.05) is 0 Å². The number of ether oxygens (including phenoxy) is 1. The molecule has 0 aliphatic carbocycles. The number of pyridine rings is 1. The van der Waals surface area contributed by atoms with Crippen molar-refractivity contribution in [3.8, 4) is 5.75 Å². The standard InChI is InChI=1S/C7H8NO/c1-6-3-7(9-2)5-8-4-6/h3-5H,1H2,2H3. The lowest BCUT2D eigenvalue weighted by Crippen LogP contribution is -1.84. The molecule has 47 valence electrons. The van der Waals surface area contributed by atoms with Gasteiger partial charge in [0, 0.05) is 6.20 Å². The van der Waals surface area contributed by atoms with E-state index in [4.69, 9.17) is 4.74 Å². The van der Waals surface area contributed by atoms with E-state index in [9.17, 15) is 0 Å². The Kier molecular flexibility index (Phi) is 1.68. The highest BCUT2D eigenvalue weighted by Gasteiger charge is 1.88. The maximum atomic E-state index is 4.89. The number of rotatable bonds is 1. The van der Waals surface area contributed by atoms with E-state index in [-0.39, 0.29) is 0 Å². The summed E-state index contributed by atoms with van der Waals surface area (Å²) in [7, 11) is 1.61. The molecule has 0 saturated carbocycles. The molecule has 0 aliphatic heterocycles. The van der Waals surface area contributed by atoms with E-state index in [1.54, 1.807) is 19.5 Å². The molecule has 9 heavy (non-hydrogen) atoms. The van der Waals surface area contributed by atoms with Crippen molar-refractivity contribution in [3.05, 3.63) is 30.9 Å². The van der Waals surface area contributed by atoms with Crippen molar-refractivity contribution in [2.75, 3.05) is 7.11 Å². The van der Waals surface area contributed by atoms with Crippen molar-refractivity contribution in [1.82, 2.24) is 4.98 Å². The fourth-order valence-electron chi connectivity index (χ4n) is 0.575. The Morgan fingerprint density at radius 2 is 2.33 bits per heavy atom. The maximum Gasteiger partial charge on any atom is 0.137 e. The molecular formula is C7H8NO. The molecule has 0 amide bonds. The van der Waals surface area contributed by atoms with Crippen LogP contribution in [-0.4, -0.2) is 12.1 Å². The molecule has 1 rings (SSSR count). The maximum absolute atomic E-state index is 4.89. The van der Waals surface area contributed by atoms with Crippen LogP contribution in [0.15, 0.2) is 18.5 Å². The Hall–Kier alpha value is -1.05. The Balaban J connectivity index is 2.94. The molecule has 2 heteroatoms. The second kappa shape index (κ2) is 2.49. The average molecular weight is 122 g/mol. The first kappa shape index (κ1) is 6.08. The largest absolute Gasteiger partial charge is 0.495 e. The van der Waals surface area contributed by atoms with Crippen LogP contribution in [0.4, 0.5) is 0 Å². The van der Waals surface area contributed by atoms with Crippen LogP contribution in [0.3, 0.4) is 0 Å². The number of methoxy groups -OCH3 is 1. The molecule has 0 spiro atoms. The topological polar surface area (TPSA) is 22.1 Å². The second-order valence-corrected chi connectivity index (χ2v) is 1.73. The number of nitrogens with zero attached hydrogens (tertiary/aromatic N) is 1. The minimum absolute atomic E-state index is 0.752. The van der Waals surface area contributed by atoms with Crippen LogP contribution in [0.5, 0.6) is 5.75 Å². The summed E-state index contributed by atoms with van der Waals surface area (Å²) in [5.74, 6) is 0.752. The molecule has 0 bridgehead atoms. The first-order valence-corrected chi connectivity index (χ1v) is 2.64. The Bertz CT molecular complexity index is 198. The predicted molar refractivity (Wildman–Crippen MR) is 35.2 cm³/mol. The normalized spacial score (nSPS) is 9.11. The fraction of sp³-hybridized carbons (Fsp3) is 0.143. The summed E-state index contributed by atoms with van der Waals surface area (Å²) < 4.78 is 4.89. The molecule has 1 aromatic rings. The van der Waals surface area contributed by atoms with Crippen LogP contribution in [-0.2, 0) is 0 Å². The Morgan fingerprint density at radius 3 is 2.78 bits per heavy atom. The molecule has 1 aromatic heterocycles. The number of aromatic nitrogens is 1. The molecule has 2 nitrogen and oxygen atoms in total. The van der Waals surface area contributed by atoms with Crippen LogP contribution in [0.2, 0.25) is 0 Å². The van der Waals surface area contributed by atoms with Crippen LogP contribution >= 0.6 is 0 Å². The summed E-state index contributed by atoms with van der Waals surface area (Å²) in [5.41, 5.74) is 0.870. The van der Waals surface area contributed by atoms with Crippen molar-refractivity contribution >= 4 is 0 Å². The van der Waals surface area contributed by atoms with Crippen LogP contribution in [0.1, 0.15) is 5.56 Å². The van der Waals surface area contributed by atoms with Gasteiger partial charge in [0.05, 0.1) is 13.3 Å². The minimum atomic E-state index is 0.752. The summed E-state index contributed by atoms with van der Waals surface area (Å²) in [4.78, 5) is 3.87. The molecule has 0 unspecified atom stereocenters. The highest BCUT2D eigenvalue weighted by atomic mass is 16.5. The molecule has 0 aromatic carbocycles. The van der Waals surface area contributed by atoms with Crippen molar-refractivity contribution in [3.63, 3.8) is 0 Å². The zero-order valence-electron chi connectivity index (χ0n) is 5.29. The lowest BCUT2D eigenvalue weighted by molar-refractivity contribution is 0.412. The average Bonchev–Trinajstić information content (AvgIpc) is 1.88. The van der Waals surface area contributed by atoms with Gasteiger partial charge in [0.2, 0.25) is 0 Å². The van der Waals surface area contributed by atoms with Gasteiger partial charge >= 0.3 is 0 Å². The predicted octanol–water partition coefficient (Wildman–Crippen LogP) is 1.27. The van der Waals surface area contributed by atoms with E-state index in [1.807, 2.05) is 6.07 Å². The van der Waals surface area contributed by atoms with Crippen molar-refractivity contribution in [2.45, 2.75) is 0 Å². The first-order valence-electron chi connectivity index (χ1n) is 2.64. The fourth-order valence-corrected chi connectivity index (χ4v) is 0.575. The van der Waals surface area contributed by atoms with E-state index in [0.717, 1.165) is 11.3 Å². The quantitative estimate of drug-likeness (QED) is 0.559. The molecule has 0 N–H and O–H groups in total. The summed E-state index contributed by atoms with van der Waals surface area (Å²) in [6, 6.07) is 1.83. The molecule has 0 saturated heterocycles. The van der Waals surface area contributed by atoms with Gasteiger partial charge in [0.15, 0.2) is 0 Å². The second-order valence-electron chi connectivity index (χ2n) is 1.73. The third-order valence-corrected chi connectivity index (χ3v) is 1.01. The van der Waals surface area contributed by atoms with Crippen molar-refractivity contribution in [1.29, 1.82) is 0 Å². The van der Waals surface area contributed by atoms with Crippen LogP contribution in [0, 0.1) is 6.92 Å². The summed E-state index contributed by atoms with van der Waals surface area (Å²) in [5, 5.41) is 0. The van der Waals surface area contributed by atoms with Gasteiger partial charge in [-0.3, -0.25) is 4.98 Å². The first-order chi connectivity index (χ1) is 4.33. The van der Waals surface area contributed by atoms with E-state index in [0.29, 0.717) is 0 Å². The Labute approximate surface area is 54.5 Å². The summed E-state index contributed by atoms with van der Waals surface area (Å²) in [6.07, 6.45) is 3.33. The third-order valence-electron chi connectivity index (χ3n) is 1.01. The lowest BCUT2D eigenvalue weighted by Gasteiger charge is -1.96. The van der Waals surface area contributed by atoms with Crippen molar-refractivity contribution < 1.29 is 4.74 Å². The monoisotopic (exact) mass is 122 g/mol. The molecule has 0 atom stereocenters. The zero-order chi connectivity index (χ0) is 6.69. The highest BCUT2D eigenvalue weighted by molar-refractivity contribution is 5.24. The number of hydrogen-bond acceptors (Lipinski definition) is 2. The summed E-state index contributed by atoms with van der Waals surface area (Å²) in [6.45, 7) is 3.69. The molecular weight excluding hydrogens is 114 g/mol. The zero-order valence-corrected chi connectivity index (χ0v) is 5.29. The highest BCUT2D eigenvalue weighted by Crippen LogP contribution is 2.07. The van der Waals surface area contributed by atoms with Gasteiger partial charge in [0.25, 0.3) is 0 Å². The van der Waals surface area contributed by atoms with Gasteiger partial charge in [-0.25, -0.2) is 0 Å². The SMILES string of the molecule is [CH2]c1cncc(OC)c1. The lowest BCUT2D eigenvalue weighted by atomic mass is 10.3. The molecule has 1 radical (unpaired) electrons. The van der Waals surface area contributed by atoms with Gasteiger partial charge in [-0.05, 0) is 18.6 Å².